The minimum atomic E-state index is -0.870. The number of carbonyl (C=O) groups is 1. The van der Waals surface area contributed by atoms with Crippen LogP contribution in [0, 0.1) is 24.5 Å². The third-order valence-corrected chi connectivity index (χ3v) is 10.6. The van der Waals surface area contributed by atoms with E-state index in [9.17, 15) is 13.6 Å². The Morgan fingerprint density at radius 2 is 1.39 bits per heavy atom. The van der Waals surface area contributed by atoms with Crippen LogP contribution < -0.4 is 5.32 Å². The molecule has 1 fully saturated rings. The van der Waals surface area contributed by atoms with Crippen LogP contribution in [0.1, 0.15) is 44.7 Å². The van der Waals surface area contributed by atoms with E-state index in [0.717, 1.165) is 44.5 Å². The quantitative estimate of drug-likeness (QED) is 0.152. The highest BCUT2D eigenvalue weighted by Gasteiger charge is 2.41. The number of aryl methyl sites for hydroxylation is 1. The summed E-state index contributed by atoms with van der Waals surface area (Å²) < 4.78 is 31.2. The second-order valence-corrected chi connectivity index (χ2v) is 14.4. The van der Waals surface area contributed by atoms with Gasteiger partial charge in [-0.05, 0) is 91.9 Å². The minimum Gasteiger partial charge on any atom is -0.348 e. The van der Waals surface area contributed by atoms with E-state index in [2.05, 4.69) is 92.7 Å². The summed E-state index contributed by atoms with van der Waals surface area (Å²) >= 11 is 0. The standard InChI is InChI=1S/C46H41F2N5O/c1-31-25-33(23-24-49-31)44-40-28-34(45(54)50-38-26-32(29-52(2)30-38)27-39-41(47)19-12-20-42(39)48)21-22-43(40)53(51-44)46(35-13-6-3-7-14-35,36-15-8-4-9-16-36)37-17-10-5-11-18-37/h3-25,28,32,38H,26-27,29-30H2,1-2H3,(H,50,54). The number of benzene rings is 5. The number of fused-ring (bicyclic) bond motifs is 1. The third kappa shape index (κ3) is 6.58. The molecule has 2 atom stereocenters. The number of hydrogen-bond acceptors (Lipinski definition) is 4. The number of carbonyl (C=O) groups excluding carboxylic acids is 1. The molecule has 270 valence electrons. The molecule has 6 nitrogen and oxygen atoms in total. The average molecular weight is 718 g/mol. The van der Waals surface area contributed by atoms with Crippen molar-refractivity contribution in [2.24, 2.45) is 5.92 Å². The van der Waals surface area contributed by atoms with Gasteiger partial charge in [0.05, 0.1) is 5.52 Å². The molecule has 2 aromatic heterocycles. The number of likely N-dealkylation sites (N-methyl/N-ethyl adjacent to an activating group) is 1. The van der Waals surface area contributed by atoms with Gasteiger partial charge in [-0.1, -0.05) is 97.1 Å². The molecular formula is C46H41F2N5O. The molecule has 0 radical (unpaired) electrons. The normalized spacial score (nSPS) is 16.4. The number of piperidine rings is 1. The van der Waals surface area contributed by atoms with Crippen molar-refractivity contribution < 1.29 is 13.6 Å². The SMILES string of the molecule is Cc1cc(-c2nn(C(c3ccccc3)(c3ccccc3)c3ccccc3)c3ccc(C(=O)NC4CC(Cc5c(F)cccc5F)CN(C)C4)cc23)ccn1. The highest BCUT2D eigenvalue weighted by atomic mass is 19.1. The van der Waals surface area contributed by atoms with Crippen LogP contribution in [0.25, 0.3) is 22.2 Å². The predicted octanol–water partition coefficient (Wildman–Crippen LogP) is 8.82. The van der Waals surface area contributed by atoms with Crippen molar-refractivity contribution in [1.82, 2.24) is 25.0 Å². The summed E-state index contributed by atoms with van der Waals surface area (Å²) in [6.45, 7) is 3.28. The molecule has 0 bridgehead atoms. The maximum absolute atomic E-state index is 14.6. The smallest absolute Gasteiger partial charge is 0.251 e. The van der Waals surface area contributed by atoms with E-state index < -0.39 is 17.2 Å². The van der Waals surface area contributed by atoms with Gasteiger partial charge < -0.3 is 10.2 Å². The zero-order valence-electron chi connectivity index (χ0n) is 30.3. The number of nitrogens with zero attached hydrogens (tertiary/aromatic N) is 4. The minimum absolute atomic E-state index is 0.0234. The molecule has 0 saturated carbocycles. The first kappa shape index (κ1) is 35.1. The number of pyridine rings is 1. The molecule has 8 rings (SSSR count). The van der Waals surface area contributed by atoms with Crippen LogP contribution in [-0.4, -0.2) is 51.8 Å². The Morgan fingerprint density at radius 3 is 1.98 bits per heavy atom. The van der Waals surface area contributed by atoms with Crippen molar-refractivity contribution in [1.29, 1.82) is 0 Å². The highest BCUT2D eigenvalue weighted by molar-refractivity contribution is 6.02. The first-order valence-electron chi connectivity index (χ1n) is 18.4. The molecule has 1 N–H and O–H groups in total. The van der Waals surface area contributed by atoms with Gasteiger partial charge in [0.1, 0.15) is 22.9 Å². The number of nitrogens with one attached hydrogen (secondary N) is 1. The van der Waals surface area contributed by atoms with Crippen LogP contribution in [0.5, 0.6) is 0 Å². The Kier molecular flexibility index (Phi) is 9.61. The van der Waals surface area contributed by atoms with Gasteiger partial charge in [-0.25, -0.2) is 13.5 Å². The zero-order valence-corrected chi connectivity index (χ0v) is 30.3. The van der Waals surface area contributed by atoms with Crippen LogP contribution in [0.4, 0.5) is 8.78 Å². The van der Waals surface area contributed by atoms with Crippen LogP contribution >= 0.6 is 0 Å². The van der Waals surface area contributed by atoms with Crippen LogP contribution in [0.2, 0.25) is 0 Å². The zero-order chi connectivity index (χ0) is 37.2. The van der Waals surface area contributed by atoms with Crippen LogP contribution in [0.3, 0.4) is 0 Å². The van der Waals surface area contributed by atoms with Crippen molar-refractivity contribution >= 4 is 16.8 Å². The Hall–Kier alpha value is -5.99. The fourth-order valence-corrected chi connectivity index (χ4v) is 8.31. The summed E-state index contributed by atoms with van der Waals surface area (Å²) in [6, 6.07) is 44.8. The highest BCUT2D eigenvalue weighted by Crippen LogP contribution is 2.44. The maximum atomic E-state index is 14.6. The van der Waals surface area contributed by atoms with E-state index in [1.54, 1.807) is 6.20 Å². The van der Waals surface area contributed by atoms with Gasteiger partial charge in [-0.3, -0.25) is 9.78 Å². The predicted molar refractivity (Wildman–Crippen MR) is 209 cm³/mol. The van der Waals surface area contributed by atoms with E-state index >= 15 is 0 Å². The number of aromatic nitrogens is 3. The Labute approximate surface area is 314 Å². The molecule has 0 spiro atoms. The van der Waals surface area contributed by atoms with E-state index in [0.29, 0.717) is 25.1 Å². The molecule has 2 unspecified atom stereocenters. The molecule has 1 aliphatic heterocycles. The van der Waals surface area contributed by atoms with Gasteiger partial charge in [0.15, 0.2) is 0 Å². The molecular weight excluding hydrogens is 677 g/mol. The van der Waals surface area contributed by atoms with Crippen molar-refractivity contribution in [2.75, 3.05) is 20.1 Å². The molecule has 8 heteroatoms. The number of halogens is 2. The van der Waals surface area contributed by atoms with Crippen molar-refractivity contribution in [3.8, 4) is 11.3 Å². The Bertz CT molecular complexity index is 2300. The molecule has 54 heavy (non-hydrogen) atoms. The fraction of sp³-hybridized carbons (Fsp3) is 0.196. The van der Waals surface area contributed by atoms with E-state index in [1.165, 1.54) is 18.2 Å². The summed E-state index contributed by atoms with van der Waals surface area (Å²) in [5.41, 5.74) is 6.20. The molecule has 0 aliphatic carbocycles. The maximum Gasteiger partial charge on any atom is 0.251 e. The summed E-state index contributed by atoms with van der Waals surface area (Å²) in [6.07, 6.45) is 2.66. The second kappa shape index (κ2) is 14.8. The van der Waals surface area contributed by atoms with E-state index in [1.807, 2.05) is 62.5 Å². The van der Waals surface area contributed by atoms with Crippen molar-refractivity contribution in [3.05, 3.63) is 191 Å². The lowest BCUT2D eigenvalue weighted by Crippen LogP contribution is -2.50. The molecule has 1 saturated heterocycles. The first-order chi connectivity index (χ1) is 26.3. The third-order valence-electron chi connectivity index (χ3n) is 10.6. The van der Waals surface area contributed by atoms with E-state index in [-0.39, 0.29) is 29.9 Å². The van der Waals surface area contributed by atoms with E-state index in [4.69, 9.17) is 5.10 Å². The van der Waals surface area contributed by atoms with Crippen molar-refractivity contribution in [3.63, 3.8) is 0 Å². The summed E-state index contributed by atoms with van der Waals surface area (Å²) in [5, 5.41) is 9.56. The number of likely N-dealkylation sites (tertiary alicyclic amines) is 1. The lowest BCUT2D eigenvalue weighted by molar-refractivity contribution is 0.0888. The van der Waals surface area contributed by atoms with Gasteiger partial charge in [0.2, 0.25) is 0 Å². The number of rotatable bonds is 9. The molecule has 7 aromatic rings. The van der Waals surface area contributed by atoms with Gasteiger partial charge in [0, 0.05) is 53.1 Å². The number of amides is 1. The lowest BCUT2D eigenvalue weighted by Gasteiger charge is -2.37. The van der Waals surface area contributed by atoms with Gasteiger partial charge in [-0.15, -0.1) is 0 Å². The summed E-state index contributed by atoms with van der Waals surface area (Å²) in [7, 11) is 1.98. The van der Waals surface area contributed by atoms with Gasteiger partial charge in [0.25, 0.3) is 5.91 Å². The molecule has 1 aliphatic rings. The second-order valence-electron chi connectivity index (χ2n) is 14.4. The monoisotopic (exact) mass is 717 g/mol. The van der Waals surface area contributed by atoms with Gasteiger partial charge >= 0.3 is 0 Å². The van der Waals surface area contributed by atoms with Crippen LogP contribution in [0.15, 0.2) is 146 Å². The molecule has 5 aromatic carbocycles. The largest absolute Gasteiger partial charge is 0.348 e. The summed E-state index contributed by atoms with van der Waals surface area (Å²) in [5.74, 6) is -1.30. The summed E-state index contributed by atoms with van der Waals surface area (Å²) in [4.78, 5) is 20.7. The van der Waals surface area contributed by atoms with Gasteiger partial charge in [-0.2, -0.15) is 5.10 Å². The number of hydrogen-bond donors (Lipinski definition) is 1. The first-order valence-corrected chi connectivity index (χ1v) is 18.4. The Balaban J connectivity index is 1.24. The average Bonchev–Trinajstić information content (AvgIpc) is 3.57. The molecule has 3 heterocycles. The topological polar surface area (TPSA) is 63.1 Å². The molecule has 1 amide bonds. The fourth-order valence-electron chi connectivity index (χ4n) is 8.31. The van der Waals surface area contributed by atoms with Crippen molar-refractivity contribution in [2.45, 2.75) is 31.3 Å². The Morgan fingerprint density at radius 1 is 0.778 bits per heavy atom. The lowest BCUT2D eigenvalue weighted by atomic mass is 9.77. The van der Waals surface area contributed by atoms with Crippen LogP contribution in [-0.2, 0) is 12.0 Å².